The molecule has 0 aromatic carbocycles. The molecule has 1 aromatic heterocycles. The number of likely N-dealkylation sites (N-methyl/N-ethyl adjacent to an activating group) is 1. The number of nitrogens with one attached hydrogen (secondary N) is 1. The van der Waals surface area contributed by atoms with Crippen molar-refractivity contribution in [1.29, 1.82) is 0 Å². The Morgan fingerprint density at radius 3 is 2.76 bits per heavy atom. The second-order valence-corrected chi connectivity index (χ2v) is 7.19. The van der Waals surface area contributed by atoms with Crippen molar-refractivity contribution >= 4 is 16.5 Å². The second-order valence-electron chi connectivity index (χ2n) is 6.13. The summed E-state index contributed by atoms with van der Waals surface area (Å²) in [6.07, 6.45) is 4.98. The Balaban J connectivity index is 1.69. The normalized spacial score (nSPS) is 23.3. The highest BCUT2D eigenvalue weighted by Crippen LogP contribution is 2.36. The van der Waals surface area contributed by atoms with Crippen LogP contribution in [0.2, 0.25) is 0 Å². The summed E-state index contributed by atoms with van der Waals surface area (Å²) < 4.78 is 0. The van der Waals surface area contributed by atoms with Gasteiger partial charge in [0.1, 0.15) is 0 Å². The monoisotopic (exact) mass is 308 g/mol. The Hall–Kier alpha value is -0.650. The van der Waals surface area contributed by atoms with E-state index >= 15 is 0 Å². The zero-order chi connectivity index (χ0) is 14.7. The number of hydrogen-bond acceptors (Lipinski definition) is 5. The van der Waals surface area contributed by atoms with Crippen LogP contribution in [0.5, 0.6) is 0 Å². The van der Waals surface area contributed by atoms with Gasteiger partial charge in [0.25, 0.3) is 0 Å². The summed E-state index contributed by atoms with van der Waals surface area (Å²) in [5.74, 6) is 0. The average molecular weight is 308 g/mol. The van der Waals surface area contributed by atoms with E-state index in [1.807, 2.05) is 11.3 Å². The van der Waals surface area contributed by atoms with Gasteiger partial charge in [-0.3, -0.25) is 0 Å². The summed E-state index contributed by atoms with van der Waals surface area (Å²) >= 11 is 1.94. The van der Waals surface area contributed by atoms with Crippen LogP contribution in [-0.4, -0.2) is 49.2 Å². The molecule has 1 atom stereocenters. The van der Waals surface area contributed by atoms with E-state index in [0.717, 1.165) is 19.6 Å². The molecule has 2 heterocycles. The van der Waals surface area contributed by atoms with Gasteiger partial charge in [-0.25, -0.2) is 4.98 Å². The molecule has 0 spiro atoms. The zero-order valence-electron chi connectivity index (χ0n) is 13.4. The van der Waals surface area contributed by atoms with Crippen molar-refractivity contribution in [3.05, 3.63) is 10.6 Å². The smallest absolute Gasteiger partial charge is 0.185 e. The molecule has 1 fully saturated rings. The van der Waals surface area contributed by atoms with Crippen LogP contribution in [0, 0.1) is 0 Å². The Labute approximate surface area is 132 Å². The minimum Gasteiger partial charge on any atom is -0.346 e. The molecule has 3 rings (SSSR count). The summed E-state index contributed by atoms with van der Waals surface area (Å²) in [5.41, 5.74) is 1.35. The third-order valence-corrected chi connectivity index (χ3v) is 5.87. The molecule has 1 N–H and O–H groups in total. The first-order valence-corrected chi connectivity index (χ1v) is 9.33. The van der Waals surface area contributed by atoms with Crippen molar-refractivity contribution in [1.82, 2.24) is 15.2 Å². The van der Waals surface area contributed by atoms with Gasteiger partial charge >= 0.3 is 0 Å². The van der Waals surface area contributed by atoms with E-state index in [9.17, 15) is 0 Å². The fourth-order valence-electron chi connectivity index (χ4n) is 3.31. The van der Waals surface area contributed by atoms with Crippen LogP contribution in [0.15, 0.2) is 0 Å². The zero-order valence-corrected chi connectivity index (χ0v) is 14.2. The van der Waals surface area contributed by atoms with E-state index in [1.165, 1.54) is 61.0 Å². The molecule has 0 bridgehead atoms. The van der Waals surface area contributed by atoms with Crippen LogP contribution in [0.25, 0.3) is 0 Å². The van der Waals surface area contributed by atoms with Crippen molar-refractivity contribution in [2.75, 3.05) is 44.2 Å². The van der Waals surface area contributed by atoms with Gasteiger partial charge in [0.05, 0.1) is 11.7 Å². The molecule has 1 unspecified atom stereocenters. The lowest BCUT2D eigenvalue weighted by molar-refractivity contribution is 0.271. The van der Waals surface area contributed by atoms with Crippen LogP contribution >= 0.6 is 11.3 Å². The molecule has 0 saturated carbocycles. The summed E-state index contributed by atoms with van der Waals surface area (Å²) in [4.78, 5) is 11.6. The highest BCUT2D eigenvalue weighted by Gasteiger charge is 2.26. The topological polar surface area (TPSA) is 31.4 Å². The van der Waals surface area contributed by atoms with Gasteiger partial charge in [0.2, 0.25) is 0 Å². The maximum absolute atomic E-state index is 5.02. The maximum Gasteiger partial charge on any atom is 0.185 e. The molecule has 21 heavy (non-hydrogen) atoms. The fourth-order valence-corrected chi connectivity index (χ4v) is 4.53. The van der Waals surface area contributed by atoms with Crippen LogP contribution in [0.4, 0.5) is 5.13 Å². The molecule has 5 heteroatoms. The van der Waals surface area contributed by atoms with E-state index in [1.54, 1.807) is 0 Å². The number of hydrogen-bond donors (Lipinski definition) is 1. The summed E-state index contributed by atoms with van der Waals surface area (Å²) in [6, 6.07) is 0.496. The largest absolute Gasteiger partial charge is 0.346 e. The minimum absolute atomic E-state index is 0.496. The lowest BCUT2D eigenvalue weighted by Crippen LogP contribution is -2.46. The predicted molar refractivity (Wildman–Crippen MR) is 90.4 cm³/mol. The second kappa shape index (κ2) is 7.07. The first kappa shape index (κ1) is 15.3. The van der Waals surface area contributed by atoms with Crippen molar-refractivity contribution in [3.8, 4) is 0 Å². The molecule has 4 nitrogen and oxygen atoms in total. The van der Waals surface area contributed by atoms with Gasteiger partial charge in [-0.2, -0.15) is 0 Å². The number of aromatic nitrogens is 1. The number of nitrogens with zero attached hydrogens (tertiary/aromatic N) is 3. The van der Waals surface area contributed by atoms with E-state index in [2.05, 4.69) is 29.0 Å². The van der Waals surface area contributed by atoms with Gasteiger partial charge in [-0.1, -0.05) is 13.8 Å². The first-order valence-electron chi connectivity index (χ1n) is 8.52. The van der Waals surface area contributed by atoms with Gasteiger partial charge in [0.15, 0.2) is 5.13 Å². The molecule has 0 amide bonds. The number of aryl methyl sites for hydroxylation is 1. The molecule has 118 valence electrons. The molecular formula is C16H28N4S. The lowest BCUT2D eigenvalue weighted by atomic mass is 9.97. The molecule has 2 aliphatic rings. The van der Waals surface area contributed by atoms with Crippen molar-refractivity contribution in [3.63, 3.8) is 0 Å². The molecule has 1 aliphatic carbocycles. The Bertz CT molecular complexity index is 451. The highest BCUT2D eigenvalue weighted by molar-refractivity contribution is 7.15. The Morgan fingerprint density at radius 1 is 1.24 bits per heavy atom. The molecule has 1 saturated heterocycles. The lowest BCUT2D eigenvalue weighted by Gasteiger charge is -2.33. The average Bonchev–Trinajstić information content (AvgIpc) is 2.97. The summed E-state index contributed by atoms with van der Waals surface area (Å²) in [7, 11) is 0. The highest BCUT2D eigenvalue weighted by atomic mass is 32.1. The summed E-state index contributed by atoms with van der Waals surface area (Å²) in [5, 5.41) is 4.94. The number of anilines is 1. The van der Waals surface area contributed by atoms with Gasteiger partial charge in [-0.15, -0.1) is 11.3 Å². The van der Waals surface area contributed by atoms with Crippen LogP contribution in [0.1, 0.15) is 49.7 Å². The van der Waals surface area contributed by atoms with Crippen LogP contribution < -0.4 is 10.2 Å². The maximum atomic E-state index is 5.02. The minimum atomic E-state index is 0.496. The van der Waals surface area contributed by atoms with Gasteiger partial charge in [-0.05, 0) is 38.8 Å². The SMILES string of the molecule is CCCNC1CCCc2sc(N3CCN(CC)CC3)nc21. The van der Waals surface area contributed by atoms with E-state index in [4.69, 9.17) is 4.98 Å². The number of piperazine rings is 1. The molecule has 1 aromatic rings. The van der Waals surface area contributed by atoms with Gasteiger partial charge in [0, 0.05) is 31.1 Å². The van der Waals surface area contributed by atoms with Crippen molar-refractivity contribution < 1.29 is 0 Å². The van der Waals surface area contributed by atoms with Crippen molar-refractivity contribution in [2.45, 2.75) is 45.6 Å². The Morgan fingerprint density at radius 2 is 2.05 bits per heavy atom. The number of rotatable bonds is 5. The van der Waals surface area contributed by atoms with Crippen molar-refractivity contribution in [2.24, 2.45) is 0 Å². The third kappa shape index (κ3) is 3.41. The summed E-state index contributed by atoms with van der Waals surface area (Å²) in [6.45, 7) is 11.4. The van der Waals surface area contributed by atoms with E-state index in [0.29, 0.717) is 6.04 Å². The van der Waals surface area contributed by atoms with Gasteiger partial charge < -0.3 is 15.1 Å². The third-order valence-electron chi connectivity index (χ3n) is 4.67. The first-order chi connectivity index (χ1) is 10.3. The van der Waals surface area contributed by atoms with E-state index in [-0.39, 0.29) is 0 Å². The fraction of sp³-hybridized carbons (Fsp3) is 0.812. The van der Waals surface area contributed by atoms with Crippen LogP contribution in [0.3, 0.4) is 0 Å². The molecule has 1 aliphatic heterocycles. The molecular weight excluding hydrogens is 280 g/mol. The quantitative estimate of drug-likeness (QED) is 0.906. The Kier molecular flexibility index (Phi) is 5.14. The number of fused-ring (bicyclic) bond motifs is 1. The standard InChI is InChI=1S/C16H28N4S/c1-3-8-17-13-6-5-7-14-15(13)18-16(21-14)20-11-9-19(4-2)10-12-20/h13,17H,3-12H2,1-2H3. The number of thiazole rings is 1. The van der Waals surface area contributed by atoms with Crippen LogP contribution in [-0.2, 0) is 6.42 Å². The molecule has 0 radical (unpaired) electrons. The van der Waals surface area contributed by atoms with E-state index < -0.39 is 0 Å². The predicted octanol–water partition coefficient (Wildman–Crippen LogP) is 2.66.